The Labute approximate surface area is 165 Å². The Morgan fingerprint density at radius 1 is 1.10 bits per heavy atom. The molecule has 2 rings (SSSR count). The first kappa shape index (κ1) is 24.0. The number of aliphatic hydroxyl groups is 1. The minimum Gasteiger partial charge on any atom is -0.390 e. The van der Waals surface area contributed by atoms with Crippen molar-refractivity contribution < 1.29 is 36.6 Å². The number of hydrogen-bond donors (Lipinski definition) is 6. The fourth-order valence-corrected chi connectivity index (χ4v) is 3.45. The predicted molar refractivity (Wildman–Crippen MR) is 92.8 cm³/mol. The molecule has 1 heterocycles. The molecule has 0 aromatic rings. The van der Waals surface area contributed by atoms with Gasteiger partial charge in [0.1, 0.15) is 12.9 Å². The van der Waals surface area contributed by atoms with Crippen LogP contribution in [0.2, 0.25) is 0 Å². The van der Waals surface area contributed by atoms with Crippen molar-refractivity contribution >= 4 is 6.03 Å². The monoisotopic (exact) mass is 433 g/mol. The minimum absolute atomic E-state index is 0.0863. The molecule has 2 aliphatic rings. The van der Waals surface area contributed by atoms with Crippen molar-refractivity contribution in [2.24, 2.45) is 0 Å². The van der Waals surface area contributed by atoms with E-state index in [0.29, 0.717) is 19.3 Å². The fraction of sp³-hybridized carbons (Fsp3) is 0.938. The number of urea groups is 1. The Bertz CT molecular complexity index is 532. The topological polar surface area (TPSA) is 107 Å². The SMILES string of the molecule is CC1CC(NCC(F)(F)CO)NC(NC(=O)NC2CCC(OC(F)(F)F)CC2)N1. The first-order valence-corrected chi connectivity index (χ1v) is 9.51. The van der Waals surface area contributed by atoms with Gasteiger partial charge in [0.25, 0.3) is 5.92 Å². The minimum atomic E-state index is -4.66. The molecule has 2 amide bonds. The Balaban J connectivity index is 1.72. The third-order valence-electron chi connectivity index (χ3n) is 4.83. The predicted octanol–water partition coefficient (Wildman–Crippen LogP) is 0.932. The van der Waals surface area contributed by atoms with E-state index in [1.165, 1.54) is 0 Å². The van der Waals surface area contributed by atoms with Crippen LogP contribution < -0.4 is 26.6 Å². The summed E-state index contributed by atoms with van der Waals surface area (Å²) >= 11 is 0. The van der Waals surface area contributed by atoms with E-state index >= 15 is 0 Å². The molecule has 13 heteroatoms. The van der Waals surface area contributed by atoms with E-state index in [1.807, 2.05) is 6.92 Å². The maximum absolute atomic E-state index is 13.2. The molecule has 0 bridgehead atoms. The molecule has 0 radical (unpaired) electrons. The van der Waals surface area contributed by atoms with E-state index in [1.54, 1.807) is 0 Å². The summed E-state index contributed by atoms with van der Waals surface area (Å²) in [4.78, 5) is 12.2. The van der Waals surface area contributed by atoms with Crippen molar-refractivity contribution in [3.8, 4) is 0 Å². The van der Waals surface area contributed by atoms with Gasteiger partial charge in [0.15, 0.2) is 0 Å². The van der Waals surface area contributed by atoms with Gasteiger partial charge in [-0.1, -0.05) is 0 Å². The lowest BCUT2D eigenvalue weighted by Gasteiger charge is -2.37. The number of aliphatic hydroxyl groups excluding tert-OH is 1. The van der Waals surface area contributed by atoms with Gasteiger partial charge >= 0.3 is 12.4 Å². The second-order valence-corrected chi connectivity index (χ2v) is 7.51. The van der Waals surface area contributed by atoms with Crippen molar-refractivity contribution in [3.63, 3.8) is 0 Å². The molecule has 2 fully saturated rings. The number of ether oxygens (including phenoxy) is 1. The summed E-state index contributed by atoms with van der Waals surface area (Å²) in [5.74, 6) is -3.25. The number of carbonyl (C=O) groups is 1. The number of alkyl halides is 5. The van der Waals surface area contributed by atoms with Gasteiger partial charge in [0.05, 0.1) is 18.8 Å². The molecule has 3 atom stereocenters. The standard InChI is InChI=1S/C16H28F5N5O3/c1-9-6-12(22-7-15(17,18)8-27)25-13(23-9)26-14(28)24-10-2-4-11(5-3-10)29-16(19,20)21/h9-13,22-23,25,27H,2-8H2,1H3,(H2,24,26,28). The highest BCUT2D eigenvalue weighted by Gasteiger charge is 2.36. The Morgan fingerprint density at radius 3 is 2.34 bits per heavy atom. The fourth-order valence-electron chi connectivity index (χ4n) is 3.45. The second-order valence-electron chi connectivity index (χ2n) is 7.51. The van der Waals surface area contributed by atoms with Crippen LogP contribution in [0.1, 0.15) is 39.0 Å². The van der Waals surface area contributed by atoms with Crippen LogP contribution in [0.25, 0.3) is 0 Å². The highest BCUT2D eigenvalue weighted by atomic mass is 19.4. The van der Waals surface area contributed by atoms with Crippen LogP contribution in [0.5, 0.6) is 0 Å². The lowest BCUT2D eigenvalue weighted by atomic mass is 9.93. The molecular formula is C16H28F5N5O3. The Kier molecular flexibility index (Phi) is 8.40. The van der Waals surface area contributed by atoms with Crippen LogP contribution in [-0.4, -0.2) is 67.2 Å². The highest BCUT2D eigenvalue weighted by molar-refractivity contribution is 5.74. The molecule has 0 aromatic carbocycles. The van der Waals surface area contributed by atoms with Crippen LogP contribution >= 0.6 is 0 Å². The highest BCUT2D eigenvalue weighted by Crippen LogP contribution is 2.28. The number of nitrogens with one attached hydrogen (secondary N) is 5. The van der Waals surface area contributed by atoms with Gasteiger partial charge < -0.3 is 15.7 Å². The number of amides is 2. The van der Waals surface area contributed by atoms with Crippen LogP contribution in [0.15, 0.2) is 0 Å². The van der Waals surface area contributed by atoms with Gasteiger partial charge in [-0.05, 0) is 39.0 Å². The first-order valence-electron chi connectivity index (χ1n) is 9.51. The average molecular weight is 433 g/mol. The van der Waals surface area contributed by atoms with Crippen molar-refractivity contribution in [3.05, 3.63) is 0 Å². The molecule has 6 N–H and O–H groups in total. The number of carbonyl (C=O) groups excluding carboxylic acids is 1. The summed E-state index contributed by atoms with van der Waals surface area (Å²) in [7, 11) is 0. The zero-order chi connectivity index (χ0) is 21.7. The molecule has 29 heavy (non-hydrogen) atoms. The van der Waals surface area contributed by atoms with E-state index in [9.17, 15) is 26.7 Å². The average Bonchev–Trinajstić information content (AvgIpc) is 2.60. The second kappa shape index (κ2) is 10.2. The maximum Gasteiger partial charge on any atom is 0.522 e. The molecule has 1 saturated carbocycles. The zero-order valence-corrected chi connectivity index (χ0v) is 16.0. The van der Waals surface area contributed by atoms with Gasteiger partial charge in [-0.3, -0.25) is 20.7 Å². The lowest BCUT2D eigenvalue weighted by molar-refractivity contribution is -0.345. The molecule has 170 valence electrons. The number of rotatable bonds is 7. The molecule has 1 aliphatic heterocycles. The summed E-state index contributed by atoms with van der Waals surface area (Å²) in [6, 6.07) is -0.887. The number of hydrogen-bond acceptors (Lipinski definition) is 6. The van der Waals surface area contributed by atoms with Crippen molar-refractivity contribution in [1.29, 1.82) is 0 Å². The molecule has 8 nitrogen and oxygen atoms in total. The summed E-state index contributed by atoms with van der Waals surface area (Å²) in [6.45, 7) is -0.148. The van der Waals surface area contributed by atoms with E-state index in [0.717, 1.165) is 0 Å². The summed E-state index contributed by atoms with van der Waals surface area (Å²) < 4.78 is 67.1. The molecule has 1 aliphatic carbocycles. The van der Waals surface area contributed by atoms with E-state index < -0.39 is 50.0 Å². The maximum atomic E-state index is 13.2. The van der Waals surface area contributed by atoms with Crippen molar-refractivity contribution in [1.82, 2.24) is 26.6 Å². The summed E-state index contributed by atoms with van der Waals surface area (Å²) in [6.07, 6.45) is -5.20. The number of halogens is 5. The van der Waals surface area contributed by atoms with Gasteiger partial charge in [0, 0.05) is 12.1 Å². The van der Waals surface area contributed by atoms with Gasteiger partial charge in [-0.2, -0.15) is 0 Å². The van der Waals surface area contributed by atoms with Crippen LogP contribution in [-0.2, 0) is 4.74 Å². The van der Waals surface area contributed by atoms with Gasteiger partial charge in [-0.15, -0.1) is 13.2 Å². The van der Waals surface area contributed by atoms with Crippen LogP contribution in [0, 0.1) is 0 Å². The lowest BCUT2D eigenvalue weighted by Crippen LogP contribution is -2.69. The Hall–Kier alpha value is -1.28. The van der Waals surface area contributed by atoms with E-state index in [-0.39, 0.29) is 24.9 Å². The van der Waals surface area contributed by atoms with E-state index in [4.69, 9.17) is 5.11 Å². The third kappa shape index (κ3) is 8.95. The molecular weight excluding hydrogens is 405 g/mol. The van der Waals surface area contributed by atoms with Crippen LogP contribution in [0.4, 0.5) is 26.7 Å². The van der Waals surface area contributed by atoms with Crippen molar-refractivity contribution in [2.75, 3.05) is 13.2 Å². The molecule has 0 spiro atoms. The third-order valence-corrected chi connectivity index (χ3v) is 4.83. The largest absolute Gasteiger partial charge is 0.522 e. The quantitative estimate of drug-likeness (QED) is 0.334. The van der Waals surface area contributed by atoms with Gasteiger partial charge in [0.2, 0.25) is 0 Å². The Morgan fingerprint density at radius 2 is 1.76 bits per heavy atom. The zero-order valence-electron chi connectivity index (χ0n) is 16.0. The van der Waals surface area contributed by atoms with Crippen LogP contribution in [0.3, 0.4) is 0 Å². The molecule has 0 aromatic heterocycles. The smallest absolute Gasteiger partial charge is 0.390 e. The first-order chi connectivity index (χ1) is 13.5. The summed E-state index contributed by atoms with van der Waals surface area (Å²) in [5.41, 5.74) is 0. The van der Waals surface area contributed by atoms with Crippen molar-refractivity contribution in [2.45, 2.75) is 82.0 Å². The molecule has 3 unspecified atom stereocenters. The van der Waals surface area contributed by atoms with E-state index in [2.05, 4.69) is 31.3 Å². The molecule has 1 saturated heterocycles. The normalized spacial score (nSPS) is 31.3. The summed E-state index contributed by atoms with van der Waals surface area (Å²) in [5, 5.41) is 22.5. The van der Waals surface area contributed by atoms with Gasteiger partial charge in [-0.25, -0.2) is 13.6 Å².